The summed E-state index contributed by atoms with van der Waals surface area (Å²) in [7, 11) is 0. The Hall–Kier alpha value is -4.04. The van der Waals surface area contributed by atoms with Gasteiger partial charge in [-0.25, -0.2) is 0 Å². The highest BCUT2D eigenvalue weighted by Crippen LogP contribution is 2.69. The first-order chi connectivity index (χ1) is 34.3. The molecule has 6 aromatic heterocycles. The van der Waals surface area contributed by atoms with Crippen molar-refractivity contribution in [2.45, 2.75) is 89.3 Å². The lowest BCUT2D eigenvalue weighted by molar-refractivity contribution is -0.441. The summed E-state index contributed by atoms with van der Waals surface area (Å²) in [5.41, 5.74) is -7.64. The molecule has 0 bridgehead atoms. The molecule has 0 saturated carbocycles. The van der Waals surface area contributed by atoms with Crippen molar-refractivity contribution in [2.24, 2.45) is 0 Å². The van der Waals surface area contributed by atoms with E-state index < -0.39 is 206 Å². The molecule has 6 aromatic rings. The van der Waals surface area contributed by atoms with Gasteiger partial charge in [0.05, 0.1) is 39.0 Å². The highest BCUT2D eigenvalue weighted by atomic mass is 32.1. The Morgan fingerprint density at radius 3 is 0.623 bits per heavy atom. The van der Waals surface area contributed by atoms with Crippen molar-refractivity contribution in [1.82, 2.24) is 0 Å². The van der Waals surface area contributed by atoms with E-state index in [9.17, 15) is 96.6 Å². The zero-order chi connectivity index (χ0) is 58.4. The maximum absolute atomic E-state index is 16.1. The molecule has 0 radical (unpaired) electrons. The number of fused-ring (bicyclic) bond motifs is 9. The Bertz CT molecular complexity index is 3190. The third-order valence-corrected chi connectivity index (χ3v) is 19.8. The fourth-order valence-corrected chi connectivity index (χ4v) is 15.6. The second kappa shape index (κ2) is 15.7. The Morgan fingerprint density at radius 2 is 0.416 bits per heavy atom. The molecule has 6 heterocycles. The third-order valence-electron chi connectivity index (χ3n) is 12.0. The highest BCUT2D eigenvalue weighted by Gasteiger charge is 2.92. The first-order valence-corrected chi connectivity index (χ1v) is 24.1. The van der Waals surface area contributed by atoms with E-state index in [4.69, 9.17) is 0 Å². The molecule has 0 aliphatic heterocycles. The summed E-state index contributed by atoms with van der Waals surface area (Å²) in [6.45, 7) is 0. The van der Waals surface area contributed by atoms with E-state index in [0.29, 0.717) is 46.9 Å². The van der Waals surface area contributed by atoms with Crippen LogP contribution in [0.1, 0.15) is 43.1 Å². The molecule has 0 fully saturated rings. The average molecular weight is 1270 g/mol. The van der Waals surface area contributed by atoms with Crippen molar-refractivity contribution < 1.29 is 140 Å². The van der Waals surface area contributed by atoms with Gasteiger partial charge in [-0.05, 0) is 36.4 Å². The molecule has 0 atom stereocenters. The van der Waals surface area contributed by atoms with E-state index in [1.807, 2.05) is 0 Å². The summed E-state index contributed by atoms with van der Waals surface area (Å²) in [5, 5.41) is 0. The molecule has 0 N–H and O–H groups in total. The highest BCUT2D eigenvalue weighted by molar-refractivity contribution is 7.31. The van der Waals surface area contributed by atoms with Crippen LogP contribution in [0.2, 0.25) is 0 Å². The average Bonchev–Trinajstić information content (AvgIpc) is 4.13. The standard InChI is InChI=1S/C39H6F32S6/c40-25(41)7-1-13(15-3-9-21(74-15)23-11(26(9,42)43)5-17(76-23)28(46,47)30(50,51)32(54,55)34(58,59)36(62,63)38(66,67)68)72-19(7)20-8(25)2-14(73-20)16-4-10-22(75-16)24-12(27(10,44)45)6-18(77-24)29(48,49)31(52,53)33(56,57)35(60,61)37(64,65)39(69,70)71/h1-6H. The Morgan fingerprint density at radius 1 is 0.234 bits per heavy atom. The maximum Gasteiger partial charge on any atom is 0.460 e. The number of halogens is 32. The minimum Gasteiger partial charge on any atom is -0.196 e. The van der Waals surface area contributed by atoms with Crippen LogP contribution >= 0.6 is 68.0 Å². The van der Waals surface area contributed by atoms with Gasteiger partial charge in [-0.1, -0.05) is 0 Å². The molecule has 38 heteroatoms. The van der Waals surface area contributed by atoms with Gasteiger partial charge in [0, 0.05) is 52.9 Å². The van der Waals surface area contributed by atoms with E-state index in [-0.39, 0.29) is 32.4 Å². The molecule has 422 valence electrons. The summed E-state index contributed by atoms with van der Waals surface area (Å²) in [4.78, 5) is -12.1. The minimum atomic E-state index is -8.30. The lowest BCUT2D eigenvalue weighted by Gasteiger charge is -2.39. The molecular formula is C39H6F32S6. The first-order valence-electron chi connectivity index (χ1n) is 19.2. The second-order valence-corrected chi connectivity index (χ2v) is 22.9. The Labute approximate surface area is 424 Å². The van der Waals surface area contributed by atoms with E-state index in [2.05, 4.69) is 0 Å². The van der Waals surface area contributed by atoms with Crippen molar-refractivity contribution in [3.8, 4) is 48.8 Å². The van der Waals surface area contributed by atoms with Crippen LogP contribution in [0, 0.1) is 0 Å². The van der Waals surface area contributed by atoms with Gasteiger partial charge in [0.15, 0.2) is 0 Å². The normalized spacial score (nSPS) is 17.9. The van der Waals surface area contributed by atoms with E-state index >= 15 is 43.9 Å². The molecule has 3 aliphatic rings. The predicted molar refractivity (Wildman–Crippen MR) is 209 cm³/mol. The number of rotatable bonds is 12. The van der Waals surface area contributed by atoms with Crippen LogP contribution in [0.15, 0.2) is 36.4 Å². The summed E-state index contributed by atoms with van der Waals surface area (Å²) >= 11 is -0.977. The predicted octanol–water partition coefficient (Wildman–Crippen LogP) is 20.1. The zero-order valence-corrected chi connectivity index (χ0v) is 39.4. The van der Waals surface area contributed by atoms with Gasteiger partial charge in [0.1, 0.15) is 0 Å². The van der Waals surface area contributed by atoms with Crippen molar-refractivity contribution in [3.63, 3.8) is 0 Å². The summed E-state index contributed by atoms with van der Waals surface area (Å²) in [5.74, 6) is -92.2. The van der Waals surface area contributed by atoms with Gasteiger partial charge in [-0.2, -0.15) is 140 Å². The van der Waals surface area contributed by atoms with Crippen LogP contribution in [0.5, 0.6) is 0 Å². The van der Waals surface area contributed by atoms with Crippen LogP contribution in [0.25, 0.3) is 48.8 Å². The maximum atomic E-state index is 16.1. The second-order valence-electron chi connectivity index (χ2n) is 16.6. The van der Waals surface area contributed by atoms with Gasteiger partial charge in [0.2, 0.25) is 0 Å². The Kier molecular flexibility index (Phi) is 11.7. The summed E-state index contributed by atoms with van der Waals surface area (Å²) in [6.07, 6.45) is -15.5. The molecule has 0 aromatic carbocycles. The molecule has 77 heavy (non-hydrogen) atoms. The van der Waals surface area contributed by atoms with Crippen molar-refractivity contribution in [1.29, 1.82) is 0 Å². The molecule has 0 amide bonds. The van der Waals surface area contributed by atoms with Crippen LogP contribution < -0.4 is 0 Å². The smallest absolute Gasteiger partial charge is 0.196 e. The van der Waals surface area contributed by atoms with Gasteiger partial charge in [-0.3, -0.25) is 0 Å². The van der Waals surface area contributed by atoms with Crippen molar-refractivity contribution >= 4 is 68.0 Å². The fraction of sp³-hybridized carbons (Fsp3) is 0.385. The largest absolute Gasteiger partial charge is 0.460 e. The first kappa shape index (κ1) is 57.6. The lowest BCUT2D eigenvalue weighted by atomic mass is 9.93. The van der Waals surface area contributed by atoms with E-state index in [1.165, 1.54) is 0 Å². The van der Waals surface area contributed by atoms with Crippen LogP contribution in [-0.2, 0) is 29.6 Å². The number of hydrogen-bond donors (Lipinski definition) is 0. The van der Waals surface area contributed by atoms with Gasteiger partial charge in [-0.15, -0.1) is 68.0 Å². The SMILES string of the molecule is FC1(F)c2cc(-c3cc4c(s3)-c3sc(C(F)(F)C(F)(F)C(F)(F)C(F)(F)C(F)(F)C(F)(F)F)cc3C4(F)F)sc2-c2sc(-c3cc4c(s3)-c3sc(C(F)(F)C(F)(F)C(F)(F)C(F)(F)C(F)(F)C(F)(F)F)cc3C4(F)F)cc21. The lowest BCUT2D eigenvalue weighted by Crippen LogP contribution is -2.69. The minimum absolute atomic E-state index is 0.0996. The molecule has 0 unspecified atom stereocenters. The van der Waals surface area contributed by atoms with Gasteiger partial charge in [0.25, 0.3) is 0 Å². The number of thiophene rings is 6. The van der Waals surface area contributed by atoms with Gasteiger partial charge >= 0.3 is 89.3 Å². The number of alkyl halides is 32. The van der Waals surface area contributed by atoms with Crippen LogP contribution in [-0.4, -0.2) is 59.7 Å². The molecule has 9 rings (SSSR count). The Balaban J connectivity index is 1.02. The van der Waals surface area contributed by atoms with E-state index in [0.717, 1.165) is 0 Å². The zero-order valence-electron chi connectivity index (χ0n) is 34.5. The summed E-state index contributed by atoms with van der Waals surface area (Å²) in [6, 6.07) is 1.15. The van der Waals surface area contributed by atoms with Crippen LogP contribution in [0.3, 0.4) is 0 Å². The number of hydrogen-bond acceptors (Lipinski definition) is 6. The monoisotopic (exact) mass is 1270 g/mol. The third kappa shape index (κ3) is 6.90. The van der Waals surface area contributed by atoms with Gasteiger partial charge < -0.3 is 0 Å². The van der Waals surface area contributed by atoms with E-state index in [1.54, 1.807) is 0 Å². The quantitative estimate of drug-likeness (QED) is 0.107. The van der Waals surface area contributed by atoms with Crippen molar-refractivity contribution in [3.05, 3.63) is 79.5 Å². The molecule has 0 saturated heterocycles. The van der Waals surface area contributed by atoms with Crippen molar-refractivity contribution in [2.75, 3.05) is 0 Å². The fourth-order valence-electron chi connectivity index (χ4n) is 7.84. The topological polar surface area (TPSA) is 0 Å². The molecule has 3 aliphatic carbocycles. The molecule has 0 spiro atoms. The summed E-state index contributed by atoms with van der Waals surface area (Å²) < 4.78 is 455. The molecule has 0 nitrogen and oxygen atoms in total. The molecular weight excluding hydrogens is 1270 g/mol. The van der Waals surface area contributed by atoms with Crippen LogP contribution in [0.4, 0.5) is 140 Å².